The van der Waals surface area contributed by atoms with E-state index >= 15 is 4.39 Å². The Hall–Kier alpha value is -4.02. The quantitative estimate of drug-likeness (QED) is 0.0306. The van der Waals surface area contributed by atoms with E-state index in [1.807, 2.05) is 74.5 Å². The van der Waals surface area contributed by atoms with Gasteiger partial charge in [-0.15, -0.1) is 6.58 Å². The second-order valence-corrected chi connectivity index (χ2v) is 10.3. The van der Waals surface area contributed by atoms with E-state index in [1.165, 1.54) is 0 Å². The molecule has 3 aromatic carbocycles. The van der Waals surface area contributed by atoms with Crippen LogP contribution in [0.1, 0.15) is 25.0 Å². The molecule has 3 rings (SSSR count). The van der Waals surface area contributed by atoms with Gasteiger partial charge in [0.1, 0.15) is 49.3 Å². The van der Waals surface area contributed by atoms with E-state index in [4.69, 9.17) is 33.5 Å². The summed E-state index contributed by atoms with van der Waals surface area (Å²) in [4.78, 5) is 20.8. The summed E-state index contributed by atoms with van der Waals surface area (Å²) in [7, 11) is 0. The summed E-state index contributed by atoms with van der Waals surface area (Å²) in [5.74, 6) is 0.682. The highest BCUT2D eigenvalue weighted by Crippen LogP contribution is 2.27. The molecule has 242 valence electrons. The lowest BCUT2D eigenvalue weighted by atomic mass is 9.99. The molecule has 9 heteroatoms. The van der Waals surface area contributed by atoms with Crippen molar-refractivity contribution in [2.24, 2.45) is 0 Å². The zero-order chi connectivity index (χ0) is 32.3. The number of ether oxygens (including phenoxy) is 5. The first-order valence-corrected chi connectivity index (χ1v) is 15.0. The molecule has 0 saturated heterocycles. The minimum Gasteiger partial charge on any atom is -0.488 e. The van der Waals surface area contributed by atoms with Crippen molar-refractivity contribution in [2.45, 2.75) is 38.9 Å². The fourth-order valence-corrected chi connectivity index (χ4v) is 4.22. The standard InChI is InChI=1S/C36H43FO8/c1-5-19-42-43-23-21-40-26-28(4)45-33-16-12-31(13-17-33)34-18-11-30(24-35(34)37)8-7-29-9-14-32(15-10-29)44-27(3)25-39-20-22-41-36(38)6-2/h5-6,9-18,24,27-28H,1-2,7-8,19-23,25-26H2,3-4H3. The summed E-state index contributed by atoms with van der Waals surface area (Å²) in [6.45, 7) is 13.0. The molecule has 0 spiro atoms. The predicted octanol–water partition coefficient (Wildman–Crippen LogP) is 6.71. The predicted molar refractivity (Wildman–Crippen MR) is 171 cm³/mol. The molecule has 0 heterocycles. The van der Waals surface area contributed by atoms with Crippen molar-refractivity contribution in [1.82, 2.24) is 0 Å². The Balaban J connectivity index is 1.39. The largest absolute Gasteiger partial charge is 0.488 e. The van der Waals surface area contributed by atoms with Crippen LogP contribution in [0.5, 0.6) is 11.5 Å². The maximum Gasteiger partial charge on any atom is 0.330 e. The molecular formula is C36H43FO8. The Kier molecular flexibility index (Phi) is 15.8. The van der Waals surface area contributed by atoms with Crippen LogP contribution in [0.4, 0.5) is 4.39 Å². The Bertz CT molecular complexity index is 1310. The lowest BCUT2D eigenvalue weighted by molar-refractivity contribution is -0.291. The van der Waals surface area contributed by atoms with Crippen molar-refractivity contribution in [3.8, 4) is 22.6 Å². The smallest absolute Gasteiger partial charge is 0.330 e. The summed E-state index contributed by atoms with van der Waals surface area (Å²) in [6.07, 6.45) is 3.86. The normalized spacial score (nSPS) is 12.2. The Labute approximate surface area is 265 Å². The highest BCUT2D eigenvalue weighted by molar-refractivity contribution is 5.81. The van der Waals surface area contributed by atoms with Crippen molar-refractivity contribution in [3.63, 3.8) is 0 Å². The summed E-state index contributed by atoms with van der Waals surface area (Å²) in [5, 5.41) is 0. The van der Waals surface area contributed by atoms with Gasteiger partial charge in [-0.05, 0) is 73.7 Å². The lowest BCUT2D eigenvalue weighted by Crippen LogP contribution is -2.21. The molecule has 0 aromatic heterocycles. The van der Waals surface area contributed by atoms with Gasteiger partial charge in [-0.1, -0.05) is 49.1 Å². The molecule has 0 fully saturated rings. The molecule has 0 saturated carbocycles. The van der Waals surface area contributed by atoms with Crippen LogP contribution < -0.4 is 9.47 Å². The SMILES string of the molecule is C=CCOOCCOCC(C)Oc1ccc(-c2ccc(CCc3ccc(OC(C)COCCOC(=O)C=C)cc3)cc2F)cc1. The minimum absolute atomic E-state index is 0.166. The number of hydrogen-bond acceptors (Lipinski definition) is 8. The van der Waals surface area contributed by atoms with Gasteiger partial charge in [-0.25, -0.2) is 19.0 Å². The number of esters is 1. The van der Waals surface area contributed by atoms with Gasteiger partial charge >= 0.3 is 5.97 Å². The molecule has 45 heavy (non-hydrogen) atoms. The molecule has 0 amide bonds. The van der Waals surface area contributed by atoms with Crippen LogP contribution in [-0.4, -0.2) is 64.4 Å². The van der Waals surface area contributed by atoms with Crippen LogP contribution in [0.25, 0.3) is 11.1 Å². The summed E-state index contributed by atoms with van der Waals surface area (Å²) >= 11 is 0. The van der Waals surface area contributed by atoms with Crippen LogP contribution in [0.3, 0.4) is 0 Å². The molecule has 8 nitrogen and oxygen atoms in total. The van der Waals surface area contributed by atoms with Gasteiger partial charge in [0.15, 0.2) is 0 Å². The fourth-order valence-electron chi connectivity index (χ4n) is 4.22. The maximum absolute atomic E-state index is 15.1. The summed E-state index contributed by atoms with van der Waals surface area (Å²) in [5.41, 5.74) is 3.37. The number of carbonyl (C=O) groups is 1. The van der Waals surface area contributed by atoms with Gasteiger partial charge in [0, 0.05) is 11.6 Å². The maximum atomic E-state index is 15.1. The molecule has 0 bridgehead atoms. The van der Waals surface area contributed by atoms with Crippen LogP contribution in [0.2, 0.25) is 0 Å². The van der Waals surface area contributed by atoms with Gasteiger partial charge in [0.2, 0.25) is 0 Å². The number of halogens is 1. The zero-order valence-electron chi connectivity index (χ0n) is 26.1. The van der Waals surface area contributed by atoms with Gasteiger partial charge in [0.05, 0.1) is 26.4 Å². The third kappa shape index (κ3) is 13.7. The van der Waals surface area contributed by atoms with E-state index in [-0.39, 0.29) is 31.2 Å². The number of carbonyl (C=O) groups excluding carboxylic acids is 1. The second-order valence-electron chi connectivity index (χ2n) is 10.3. The molecule has 0 N–H and O–H groups in total. The molecule has 2 unspecified atom stereocenters. The zero-order valence-corrected chi connectivity index (χ0v) is 26.1. The number of hydrogen-bond donors (Lipinski definition) is 0. The van der Waals surface area contributed by atoms with E-state index in [1.54, 1.807) is 12.1 Å². The lowest BCUT2D eigenvalue weighted by Gasteiger charge is -2.15. The first kappa shape index (κ1) is 35.5. The van der Waals surface area contributed by atoms with Crippen LogP contribution >= 0.6 is 0 Å². The van der Waals surface area contributed by atoms with Crippen molar-refractivity contribution in [2.75, 3.05) is 46.2 Å². The van der Waals surface area contributed by atoms with Gasteiger partial charge in [-0.3, -0.25) is 0 Å². The van der Waals surface area contributed by atoms with Crippen LogP contribution in [-0.2, 0) is 41.6 Å². The Morgan fingerprint density at radius 1 is 0.756 bits per heavy atom. The third-order valence-corrected chi connectivity index (χ3v) is 6.42. The minimum atomic E-state index is -0.471. The topological polar surface area (TPSA) is 81.7 Å². The fraction of sp³-hybridized carbons (Fsp3) is 0.361. The van der Waals surface area contributed by atoms with E-state index in [9.17, 15) is 4.79 Å². The second kappa shape index (κ2) is 20.1. The first-order valence-electron chi connectivity index (χ1n) is 15.0. The number of benzene rings is 3. The van der Waals surface area contributed by atoms with E-state index in [2.05, 4.69) is 13.2 Å². The molecule has 0 aliphatic heterocycles. The molecule has 3 aromatic rings. The summed E-state index contributed by atoms with van der Waals surface area (Å²) < 4.78 is 42.7. The number of aryl methyl sites for hydroxylation is 2. The van der Waals surface area contributed by atoms with Crippen LogP contribution in [0, 0.1) is 5.82 Å². The highest BCUT2D eigenvalue weighted by Gasteiger charge is 2.10. The monoisotopic (exact) mass is 622 g/mol. The third-order valence-electron chi connectivity index (χ3n) is 6.42. The molecular weight excluding hydrogens is 579 g/mol. The highest BCUT2D eigenvalue weighted by atomic mass is 19.1. The van der Waals surface area contributed by atoms with Crippen molar-refractivity contribution >= 4 is 5.97 Å². The average molecular weight is 623 g/mol. The van der Waals surface area contributed by atoms with Crippen molar-refractivity contribution in [1.29, 1.82) is 0 Å². The van der Waals surface area contributed by atoms with E-state index < -0.39 is 5.97 Å². The van der Waals surface area contributed by atoms with Gasteiger partial charge in [0.25, 0.3) is 0 Å². The van der Waals surface area contributed by atoms with E-state index in [0.29, 0.717) is 50.8 Å². The van der Waals surface area contributed by atoms with Crippen molar-refractivity contribution < 1.29 is 42.6 Å². The molecule has 2 atom stereocenters. The van der Waals surface area contributed by atoms with Gasteiger partial charge < -0.3 is 23.7 Å². The summed E-state index contributed by atoms with van der Waals surface area (Å²) in [6, 6.07) is 20.6. The van der Waals surface area contributed by atoms with E-state index in [0.717, 1.165) is 34.9 Å². The molecule has 0 aliphatic carbocycles. The Morgan fingerprint density at radius 2 is 1.33 bits per heavy atom. The number of rotatable bonds is 22. The molecule has 0 radical (unpaired) electrons. The van der Waals surface area contributed by atoms with Crippen LogP contribution in [0.15, 0.2) is 92.0 Å². The van der Waals surface area contributed by atoms with Crippen molar-refractivity contribution in [3.05, 3.63) is 109 Å². The first-order chi connectivity index (χ1) is 21.9. The Morgan fingerprint density at radius 3 is 1.93 bits per heavy atom. The van der Waals surface area contributed by atoms with Gasteiger partial charge in [-0.2, -0.15) is 0 Å². The molecule has 0 aliphatic rings. The average Bonchev–Trinajstić information content (AvgIpc) is 3.04.